The van der Waals surface area contributed by atoms with Gasteiger partial charge < -0.3 is 4.42 Å². The van der Waals surface area contributed by atoms with Gasteiger partial charge >= 0.3 is 0 Å². The quantitative estimate of drug-likeness (QED) is 0.611. The molecule has 0 bridgehead atoms. The van der Waals surface area contributed by atoms with E-state index < -0.39 is 11.9 Å². The van der Waals surface area contributed by atoms with Gasteiger partial charge in [0.1, 0.15) is 23.4 Å². The highest BCUT2D eigenvalue weighted by molar-refractivity contribution is 5.26. The molecule has 1 unspecified atom stereocenters. The second-order valence-electron chi connectivity index (χ2n) is 3.45. The number of hydrogen-bond acceptors (Lipinski definition) is 4. The lowest BCUT2D eigenvalue weighted by Gasteiger charge is -2.14. The summed E-state index contributed by atoms with van der Waals surface area (Å²) in [4.78, 5) is 3.69. The Labute approximate surface area is 92.3 Å². The standard InChI is InChI=1S/C11H12FN3O/c1-7-2-3-10(16-7)11(15-13)8-4-5-14-6-9(8)12/h2-6,11,15H,13H2,1H3. The molecule has 0 fully saturated rings. The largest absolute Gasteiger partial charge is 0.464 e. The Balaban J connectivity index is 2.40. The highest BCUT2D eigenvalue weighted by Crippen LogP contribution is 2.24. The van der Waals surface area contributed by atoms with Crippen LogP contribution in [0.2, 0.25) is 0 Å². The van der Waals surface area contributed by atoms with E-state index >= 15 is 0 Å². The summed E-state index contributed by atoms with van der Waals surface area (Å²) in [5.74, 6) is 6.33. The predicted molar refractivity (Wildman–Crippen MR) is 56.8 cm³/mol. The minimum Gasteiger partial charge on any atom is -0.464 e. The van der Waals surface area contributed by atoms with E-state index in [2.05, 4.69) is 10.4 Å². The molecule has 0 radical (unpaired) electrons. The van der Waals surface area contributed by atoms with Crippen molar-refractivity contribution in [2.24, 2.45) is 5.84 Å². The van der Waals surface area contributed by atoms with Gasteiger partial charge in [-0.2, -0.15) is 0 Å². The van der Waals surface area contributed by atoms with Crippen LogP contribution >= 0.6 is 0 Å². The van der Waals surface area contributed by atoms with Crippen LogP contribution in [0.4, 0.5) is 4.39 Å². The average Bonchev–Trinajstić information content (AvgIpc) is 2.69. The summed E-state index contributed by atoms with van der Waals surface area (Å²) in [6, 6.07) is 4.63. The third-order valence-electron chi connectivity index (χ3n) is 2.33. The number of rotatable bonds is 3. The maximum absolute atomic E-state index is 13.5. The summed E-state index contributed by atoms with van der Waals surface area (Å²) in [5.41, 5.74) is 2.94. The Hall–Kier alpha value is -1.72. The first-order valence-electron chi connectivity index (χ1n) is 4.84. The number of aryl methyl sites for hydroxylation is 1. The van der Waals surface area contributed by atoms with Crippen LogP contribution in [-0.4, -0.2) is 4.98 Å². The molecule has 84 valence electrons. The first-order chi connectivity index (χ1) is 7.72. The molecule has 0 spiro atoms. The second kappa shape index (κ2) is 4.42. The van der Waals surface area contributed by atoms with Gasteiger partial charge in [0.25, 0.3) is 0 Å². The van der Waals surface area contributed by atoms with Crippen molar-refractivity contribution in [3.8, 4) is 0 Å². The number of hydrazine groups is 1. The molecule has 0 aliphatic carbocycles. The molecule has 2 rings (SSSR count). The summed E-state index contributed by atoms with van der Waals surface area (Å²) in [6.45, 7) is 1.82. The summed E-state index contributed by atoms with van der Waals surface area (Å²) in [5, 5.41) is 0. The molecular formula is C11H12FN3O. The van der Waals surface area contributed by atoms with Crippen molar-refractivity contribution in [3.63, 3.8) is 0 Å². The van der Waals surface area contributed by atoms with Crippen molar-refractivity contribution >= 4 is 0 Å². The summed E-state index contributed by atoms with van der Waals surface area (Å²) in [6.07, 6.45) is 2.66. The molecule has 0 aliphatic rings. The van der Waals surface area contributed by atoms with Gasteiger partial charge in [-0.15, -0.1) is 0 Å². The fourth-order valence-corrected chi connectivity index (χ4v) is 1.55. The molecule has 2 aromatic rings. The highest BCUT2D eigenvalue weighted by atomic mass is 19.1. The lowest BCUT2D eigenvalue weighted by atomic mass is 10.1. The molecule has 0 aliphatic heterocycles. The van der Waals surface area contributed by atoms with Crippen LogP contribution in [0.5, 0.6) is 0 Å². The van der Waals surface area contributed by atoms with Crippen molar-refractivity contribution in [1.82, 2.24) is 10.4 Å². The van der Waals surface area contributed by atoms with Gasteiger partial charge in [0.15, 0.2) is 0 Å². The van der Waals surface area contributed by atoms with Gasteiger partial charge in [-0.3, -0.25) is 10.8 Å². The van der Waals surface area contributed by atoms with Crippen LogP contribution in [0.3, 0.4) is 0 Å². The van der Waals surface area contributed by atoms with Gasteiger partial charge in [-0.1, -0.05) is 0 Å². The number of pyridine rings is 1. The van der Waals surface area contributed by atoms with Crippen LogP contribution in [0.1, 0.15) is 23.1 Å². The van der Waals surface area contributed by atoms with Crippen LogP contribution in [0.15, 0.2) is 35.0 Å². The van der Waals surface area contributed by atoms with E-state index in [1.165, 1.54) is 6.20 Å². The van der Waals surface area contributed by atoms with Gasteiger partial charge in [0, 0.05) is 11.8 Å². The normalized spacial score (nSPS) is 12.7. The smallest absolute Gasteiger partial charge is 0.146 e. The molecular weight excluding hydrogens is 209 g/mol. The monoisotopic (exact) mass is 221 g/mol. The number of nitrogens with one attached hydrogen (secondary N) is 1. The van der Waals surface area contributed by atoms with Crippen molar-refractivity contribution in [3.05, 3.63) is 53.5 Å². The predicted octanol–water partition coefficient (Wildman–Crippen LogP) is 1.67. The van der Waals surface area contributed by atoms with Crippen molar-refractivity contribution in [1.29, 1.82) is 0 Å². The number of halogens is 1. The fraction of sp³-hybridized carbons (Fsp3) is 0.182. The average molecular weight is 221 g/mol. The van der Waals surface area contributed by atoms with E-state index in [-0.39, 0.29) is 0 Å². The van der Waals surface area contributed by atoms with Gasteiger partial charge in [-0.25, -0.2) is 9.82 Å². The SMILES string of the molecule is Cc1ccc(C(NN)c2ccncc2F)o1. The second-order valence-corrected chi connectivity index (χ2v) is 3.45. The summed E-state index contributed by atoms with van der Waals surface area (Å²) >= 11 is 0. The maximum Gasteiger partial charge on any atom is 0.146 e. The summed E-state index contributed by atoms with van der Waals surface area (Å²) < 4.78 is 18.9. The molecule has 3 N–H and O–H groups in total. The van der Waals surface area contributed by atoms with Gasteiger partial charge in [0.05, 0.1) is 6.20 Å². The lowest BCUT2D eigenvalue weighted by molar-refractivity contribution is 0.425. The van der Waals surface area contributed by atoms with E-state index in [9.17, 15) is 4.39 Å². The number of nitrogens with zero attached hydrogens (tertiary/aromatic N) is 1. The molecule has 16 heavy (non-hydrogen) atoms. The van der Waals surface area contributed by atoms with Crippen molar-refractivity contribution in [2.45, 2.75) is 13.0 Å². The minimum absolute atomic E-state index is 0.409. The molecule has 0 saturated heterocycles. The molecule has 4 nitrogen and oxygen atoms in total. The van der Waals surface area contributed by atoms with Crippen molar-refractivity contribution < 1.29 is 8.81 Å². The Kier molecular flexibility index (Phi) is 2.98. The maximum atomic E-state index is 13.5. The highest BCUT2D eigenvalue weighted by Gasteiger charge is 2.19. The number of aromatic nitrogens is 1. The van der Waals surface area contributed by atoms with Crippen LogP contribution in [-0.2, 0) is 0 Å². The Bertz CT molecular complexity index is 484. The zero-order valence-corrected chi connectivity index (χ0v) is 8.77. The topological polar surface area (TPSA) is 64.1 Å². The van der Waals surface area contributed by atoms with E-state index in [0.29, 0.717) is 11.3 Å². The molecule has 1 atom stereocenters. The van der Waals surface area contributed by atoms with Crippen LogP contribution in [0, 0.1) is 12.7 Å². The molecule has 5 heteroatoms. The Morgan fingerprint density at radius 2 is 2.25 bits per heavy atom. The first kappa shape index (κ1) is 10.8. The number of furan rings is 1. The minimum atomic E-state index is -0.503. The van der Waals surface area contributed by atoms with E-state index in [1.807, 2.05) is 6.92 Å². The first-order valence-corrected chi connectivity index (χ1v) is 4.84. The molecule has 0 saturated carbocycles. The molecule has 0 amide bonds. The van der Waals surface area contributed by atoms with Gasteiger partial charge in [0.2, 0.25) is 0 Å². The number of hydrogen-bond donors (Lipinski definition) is 2. The van der Waals surface area contributed by atoms with E-state index in [0.717, 1.165) is 12.0 Å². The fourth-order valence-electron chi connectivity index (χ4n) is 1.55. The molecule has 2 heterocycles. The van der Waals surface area contributed by atoms with Crippen molar-refractivity contribution in [2.75, 3.05) is 0 Å². The molecule has 0 aromatic carbocycles. The Morgan fingerprint density at radius 1 is 1.44 bits per heavy atom. The summed E-state index contributed by atoms with van der Waals surface area (Å²) in [7, 11) is 0. The zero-order valence-electron chi connectivity index (χ0n) is 8.77. The number of nitrogens with two attached hydrogens (primary N) is 1. The van der Waals surface area contributed by atoms with E-state index in [1.54, 1.807) is 18.2 Å². The van der Waals surface area contributed by atoms with Crippen LogP contribution in [0.25, 0.3) is 0 Å². The zero-order chi connectivity index (χ0) is 11.5. The van der Waals surface area contributed by atoms with E-state index in [4.69, 9.17) is 10.3 Å². The lowest BCUT2D eigenvalue weighted by Crippen LogP contribution is -2.29. The van der Waals surface area contributed by atoms with Gasteiger partial charge in [-0.05, 0) is 25.1 Å². The van der Waals surface area contributed by atoms with Crippen LogP contribution < -0.4 is 11.3 Å². The Morgan fingerprint density at radius 3 is 2.81 bits per heavy atom. The third kappa shape index (κ3) is 1.95. The third-order valence-corrected chi connectivity index (χ3v) is 2.33. The molecule has 2 aromatic heterocycles.